The van der Waals surface area contributed by atoms with Gasteiger partial charge in [-0.25, -0.2) is 0 Å². The molecule has 2 heterocycles. The molecular weight excluding hydrogens is 320 g/mol. The van der Waals surface area contributed by atoms with Crippen molar-refractivity contribution in [3.05, 3.63) is 49.8 Å². The van der Waals surface area contributed by atoms with Crippen molar-refractivity contribution in [3.63, 3.8) is 0 Å². The van der Waals surface area contributed by atoms with E-state index in [1.54, 1.807) is 23.7 Å². The van der Waals surface area contributed by atoms with Gasteiger partial charge in [0.1, 0.15) is 0 Å². The molecule has 90 valence electrons. The van der Waals surface area contributed by atoms with Crippen LogP contribution in [0.15, 0.2) is 34.4 Å². The molecule has 1 N–H and O–H groups in total. The second-order valence-electron chi connectivity index (χ2n) is 3.68. The van der Waals surface area contributed by atoms with Crippen LogP contribution in [-0.4, -0.2) is 12.0 Å². The van der Waals surface area contributed by atoms with E-state index in [-0.39, 0.29) is 6.04 Å². The quantitative estimate of drug-likeness (QED) is 0.914. The number of nitrogens with one attached hydrogen (secondary N) is 1. The van der Waals surface area contributed by atoms with Gasteiger partial charge in [-0.15, -0.1) is 11.3 Å². The normalized spacial score (nSPS) is 12.6. The van der Waals surface area contributed by atoms with Gasteiger partial charge >= 0.3 is 0 Å². The smallest absolute Gasteiger partial charge is 0.0622 e. The van der Waals surface area contributed by atoms with Gasteiger partial charge < -0.3 is 5.32 Å². The molecule has 2 aromatic heterocycles. The molecule has 0 aliphatic heterocycles. The Kier molecular flexibility index (Phi) is 4.56. The summed E-state index contributed by atoms with van der Waals surface area (Å²) in [6.07, 6.45) is 4.33. The summed E-state index contributed by atoms with van der Waals surface area (Å²) in [4.78, 5) is 5.30. The number of thiophene rings is 1. The van der Waals surface area contributed by atoms with E-state index in [0.717, 1.165) is 21.5 Å². The molecule has 0 aliphatic rings. The van der Waals surface area contributed by atoms with E-state index in [0.29, 0.717) is 0 Å². The van der Waals surface area contributed by atoms with E-state index in [2.05, 4.69) is 37.7 Å². The van der Waals surface area contributed by atoms with Crippen LogP contribution >= 0.6 is 38.9 Å². The van der Waals surface area contributed by atoms with Gasteiger partial charge in [0.2, 0.25) is 0 Å². The lowest BCUT2D eigenvalue weighted by atomic mass is 10.1. The SMILES string of the molecule is CNC(Cc1ccncc1Cl)c1cc(Br)cs1. The third-order valence-electron chi connectivity index (χ3n) is 2.56. The highest BCUT2D eigenvalue weighted by molar-refractivity contribution is 9.10. The molecule has 0 radical (unpaired) electrons. The van der Waals surface area contributed by atoms with Gasteiger partial charge in [0.25, 0.3) is 0 Å². The first-order valence-corrected chi connectivity index (χ1v) is 7.25. The molecule has 0 aliphatic carbocycles. The molecule has 2 aromatic rings. The third kappa shape index (κ3) is 3.28. The molecule has 1 unspecified atom stereocenters. The zero-order valence-electron chi connectivity index (χ0n) is 9.28. The van der Waals surface area contributed by atoms with Crippen molar-refractivity contribution < 1.29 is 0 Å². The van der Waals surface area contributed by atoms with E-state index in [4.69, 9.17) is 11.6 Å². The van der Waals surface area contributed by atoms with Gasteiger partial charge in [-0.1, -0.05) is 11.6 Å². The van der Waals surface area contributed by atoms with Crippen LogP contribution in [0.4, 0.5) is 0 Å². The van der Waals surface area contributed by atoms with Crippen LogP contribution in [0.1, 0.15) is 16.5 Å². The maximum Gasteiger partial charge on any atom is 0.0622 e. The average molecular weight is 332 g/mol. The number of hydrogen-bond acceptors (Lipinski definition) is 3. The van der Waals surface area contributed by atoms with Gasteiger partial charge in [-0.3, -0.25) is 4.98 Å². The fraction of sp³-hybridized carbons (Fsp3) is 0.250. The van der Waals surface area contributed by atoms with E-state index >= 15 is 0 Å². The molecule has 0 aromatic carbocycles. The summed E-state index contributed by atoms with van der Waals surface area (Å²) in [7, 11) is 1.97. The van der Waals surface area contributed by atoms with Crippen LogP contribution in [-0.2, 0) is 6.42 Å². The van der Waals surface area contributed by atoms with Crippen molar-refractivity contribution in [3.8, 4) is 0 Å². The monoisotopic (exact) mass is 330 g/mol. The molecule has 2 rings (SSSR count). The highest BCUT2D eigenvalue weighted by Crippen LogP contribution is 2.29. The highest BCUT2D eigenvalue weighted by atomic mass is 79.9. The molecule has 0 amide bonds. The van der Waals surface area contributed by atoms with Crippen LogP contribution in [0.3, 0.4) is 0 Å². The molecule has 17 heavy (non-hydrogen) atoms. The van der Waals surface area contributed by atoms with E-state index in [1.807, 2.05) is 13.1 Å². The van der Waals surface area contributed by atoms with Crippen molar-refractivity contribution in [2.45, 2.75) is 12.5 Å². The molecule has 0 fully saturated rings. The van der Waals surface area contributed by atoms with Gasteiger partial charge in [0, 0.05) is 33.2 Å². The minimum Gasteiger partial charge on any atom is -0.312 e. The Morgan fingerprint density at radius 1 is 1.59 bits per heavy atom. The molecule has 0 bridgehead atoms. The van der Waals surface area contributed by atoms with Gasteiger partial charge in [-0.05, 0) is 47.1 Å². The zero-order valence-corrected chi connectivity index (χ0v) is 12.4. The zero-order chi connectivity index (χ0) is 12.3. The van der Waals surface area contributed by atoms with E-state index in [1.165, 1.54) is 4.88 Å². The van der Waals surface area contributed by atoms with Crippen molar-refractivity contribution in [2.24, 2.45) is 0 Å². The van der Waals surface area contributed by atoms with Crippen LogP contribution in [0.5, 0.6) is 0 Å². The largest absolute Gasteiger partial charge is 0.312 e. The minimum absolute atomic E-state index is 0.284. The van der Waals surface area contributed by atoms with Gasteiger partial charge in [-0.2, -0.15) is 0 Å². The number of rotatable bonds is 4. The summed E-state index contributed by atoms with van der Waals surface area (Å²) in [6, 6.07) is 4.39. The number of nitrogens with zero attached hydrogens (tertiary/aromatic N) is 1. The summed E-state index contributed by atoms with van der Waals surface area (Å²) in [5, 5.41) is 6.13. The molecule has 5 heteroatoms. The Morgan fingerprint density at radius 2 is 2.41 bits per heavy atom. The maximum atomic E-state index is 6.12. The van der Waals surface area contributed by atoms with Crippen molar-refractivity contribution in [1.29, 1.82) is 0 Å². The maximum absolute atomic E-state index is 6.12. The Hall–Kier alpha value is -0.420. The van der Waals surface area contributed by atoms with E-state index in [9.17, 15) is 0 Å². The molecule has 0 spiro atoms. The van der Waals surface area contributed by atoms with Crippen molar-refractivity contribution in [2.75, 3.05) is 7.05 Å². The number of likely N-dealkylation sites (N-methyl/N-ethyl adjacent to an activating group) is 1. The Labute approximate surface area is 118 Å². The lowest BCUT2D eigenvalue weighted by molar-refractivity contribution is 0.602. The number of aromatic nitrogens is 1. The summed E-state index contributed by atoms with van der Waals surface area (Å²) in [6.45, 7) is 0. The fourth-order valence-corrected chi connectivity index (χ4v) is 3.40. The fourth-order valence-electron chi connectivity index (χ4n) is 1.65. The van der Waals surface area contributed by atoms with Crippen LogP contribution in [0.2, 0.25) is 5.02 Å². The lowest BCUT2D eigenvalue weighted by Gasteiger charge is -2.15. The van der Waals surface area contributed by atoms with Crippen LogP contribution in [0, 0.1) is 0 Å². The second-order valence-corrected chi connectivity index (χ2v) is 5.95. The Morgan fingerprint density at radius 3 is 3.00 bits per heavy atom. The molecule has 2 nitrogen and oxygen atoms in total. The third-order valence-corrected chi connectivity index (χ3v) is 4.71. The number of hydrogen-bond donors (Lipinski definition) is 1. The lowest BCUT2D eigenvalue weighted by Crippen LogP contribution is -2.17. The average Bonchev–Trinajstić information content (AvgIpc) is 2.75. The van der Waals surface area contributed by atoms with Gasteiger partial charge in [0.15, 0.2) is 0 Å². The highest BCUT2D eigenvalue weighted by Gasteiger charge is 2.13. The van der Waals surface area contributed by atoms with Crippen LogP contribution < -0.4 is 5.32 Å². The number of halogens is 2. The predicted octanol–water partition coefficient (Wildman–Crippen LogP) is 4.06. The first kappa shape index (κ1) is 13.0. The first-order valence-electron chi connectivity index (χ1n) is 5.20. The first-order chi connectivity index (χ1) is 8.20. The van der Waals surface area contributed by atoms with Crippen molar-refractivity contribution in [1.82, 2.24) is 10.3 Å². The Bertz CT molecular complexity index is 501. The number of pyridine rings is 1. The topological polar surface area (TPSA) is 24.9 Å². The van der Waals surface area contributed by atoms with Gasteiger partial charge in [0.05, 0.1) is 5.02 Å². The molecule has 0 saturated carbocycles. The van der Waals surface area contributed by atoms with Crippen LogP contribution in [0.25, 0.3) is 0 Å². The van der Waals surface area contributed by atoms with E-state index < -0.39 is 0 Å². The molecule has 1 atom stereocenters. The second kappa shape index (κ2) is 5.96. The Balaban J connectivity index is 2.18. The summed E-state index contributed by atoms with van der Waals surface area (Å²) < 4.78 is 1.12. The summed E-state index contributed by atoms with van der Waals surface area (Å²) >= 11 is 11.3. The molecular formula is C12H12BrClN2S. The minimum atomic E-state index is 0.284. The van der Waals surface area contributed by atoms with Crippen molar-refractivity contribution >= 4 is 38.9 Å². The standard InChI is InChI=1S/C12H12BrClN2S/c1-15-11(12-5-9(13)7-17-12)4-8-2-3-16-6-10(8)14/h2-3,5-7,11,15H,4H2,1H3. The predicted molar refractivity (Wildman–Crippen MR) is 76.8 cm³/mol. The summed E-state index contributed by atoms with van der Waals surface area (Å²) in [5.74, 6) is 0. The molecule has 0 saturated heterocycles. The summed E-state index contributed by atoms with van der Waals surface area (Å²) in [5.41, 5.74) is 1.12.